The van der Waals surface area contributed by atoms with E-state index < -0.39 is 0 Å². The van der Waals surface area contributed by atoms with Gasteiger partial charge in [-0.25, -0.2) is 0 Å². The number of amides is 1. The molecule has 3 aliphatic rings. The molecule has 5 nitrogen and oxygen atoms in total. The van der Waals surface area contributed by atoms with Crippen LogP contribution in [0.1, 0.15) is 38.5 Å². The van der Waals surface area contributed by atoms with Crippen LogP contribution in [-0.2, 0) is 4.79 Å². The second-order valence-electron chi connectivity index (χ2n) is 6.62. The zero-order valence-corrected chi connectivity index (χ0v) is 12.4. The second kappa shape index (κ2) is 6.41. The molecule has 0 radical (unpaired) electrons. The van der Waals surface area contributed by atoms with Crippen molar-refractivity contribution in [2.75, 3.05) is 32.7 Å². The molecule has 2 atom stereocenters. The largest absolute Gasteiger partial charge is 0.353 e. The minimum atomic E-state index is 0.188. The Hall–Kier alpha value is -0.650. The van der Waals surface area contributed by atoms with E-state index in [1.807, 2.05) is 0 Å². The topological polar surface area (TPSA) is 61.6 Å². The quantitative estimate of drug-likeness (QED) is 0.727. The fourth-order valence-corrected chi connectivity index (χ4v) is 3.59. The molecule has 0 spiro atoms. The van der Waals surface area contributed by atoms with Gasteiger partial charge in [-0.3, -0.25) is 14.6 Å². The van der Waals surface area contributed by atoms with Crippen molar-refractivity contribution in [2.45, 2.75) is 56.7 Å². The van der Waals surface area contributed by atoms with E-state index in [1.165, 1.54) is 32.4 Å². The van der Waals surface area contributed by atoms with Crippen molar-refractivity contribution in [3.05, 3.63) is 0 Å². The molecule has 114 valence electrons. The summed E-state index contributed by atoms with van der Waals surface area (Å²) in [6.45, 7) is 5.30. The molecule has 5 heteroatoms. The lowest BCUT2D eigenvalue weighted by Gasteiger charge is -2.28. The molecule has 2 heterocycles. The Kier molecular flexibility index (Phi) is 4.58. The molecule has 2 saturated heterocycles. The van der Waals surface area contributed by atoms with Crippen molar-refractivity contribution >= 4 is 5.91 Å². The Labute approximate surface area is 121 Å². The van der Waals surface area contributed by atoms with Crippen LogP contribution in [0.3, 0.4) is 0 Å². The van der Waals surface area contributed by atoms with Gasteiger partial charge < -0.3 is 11.1 Å². The van der Waals surface area contributed by atoms with Gasteiger partial charge >= 0.3 is 0 Å². The van der Waals surface area contributed by atoms with Crippen molar-refractivity contribution in [3.63, 3.8) is 0 Å². The van der Waals surface area contributed by atoms with Gasteiger partial charge in [0.15, 0.2) is 0 Å². The lowest BCUT2D eigenvalue weighted by Crippen LogP contribution is -2.44. The molecule has 2 aliphatic heterocycles. The number of hydrogen-bond donors (Lipinski definition) is 2. The Balaban J connectivity index is 1.47. The van der Waals surface area contributed by atoms with E-state index in [0.717, 1.165) is 25.9 Å². The van der Waals surface area contributed by atoms with Crippen molar-refractivity contribution in [1.82, 2.24) is 15.1 Å². The molecule has 0 aromatic carbocycles. The molecule has 1 aliphatic carbocycles. The number of carbonyl (C=O) groups is 1. The molecule has 1 saturated carbocycles. The summed E-state index contributed by atoms with van der Waals surface area (Å²) < 4.78 is 0. The van der Waals surface area contributed by atoms with Crippen molar-refractivity contribution in [3.8, 4) is 0 Å². The monoisotopic (exact) mass is 280 g/mol. The Bertz CT molecular complexity index is 339. The first-order valence-corrected chi connectivity index (χ1v) is 8.24. The maximum Gasteiger partial charge on any atom is 0.221 e. The molecular weight excluding hydrogens is 252 g/mol. The fraction of sp³-hybridized carbons (Fsp3) is 0.933. The van der Waals surface area contributed by atoms with Gasteiger partial charge in [0.05, 0.1) is 0 Å². The summed E-state index contributed by atoms with van der Waals surface area (Å²) in [5.74, 6) is 0.188. The smallest absolute Gasteiger partial charge is 0.221 e. The number of hydrogen-bond acceptors (Lipinski definition) is 4. The van der Waals surface area contributed by atoms with Crippen LogP contribution >= 0.6 is 0 Å². The van der Waals surface area contributed by atoms with Crippen molar-refractivity contribution in [1.29, 1.82) is 0 Å². The van der Waals surface area contributed by atoms with E-state index in [0.29, 0.717) is 25.0 Å². The molecule has 3 fully saturated rings. The fourth-order valence-electron chi connectivity index (χ4n) is 3.59. The van der Waals surface area contributed by atoms with Crippen LogP contribution < -0.4 is 11.1 Å². The normalized spacial score (nSPS) is 29.8. The van der Waals surface area contributed by atoms with Crippen LogP contribution in [0.4, 0.5) is 0 Å². The van der Waals surface area contributed by atoms with Crippen LogP contribution in [0.15, 0.2) is 0 Å². The molecular formula is C15H28N4O. The summed E-state index contributed by atoms with van der Waals surface area (Å²) >= 11 is 0. The van der Waals surface area contributed by atoms with Gasteiger partial charge in [-0.2, -0.15) is 0 Å². The van der Waals surface area contributed by atoms with Crippen LogP contribution in [0.25, 0.3) is 0 Å². The third-order valence-corrected chi connectivity index (χ3v) is 5.00. The average Bonchev–Trinajstić information content (AvgIpc) is 2.97. The second-order valence-corrected chi connectivity index (χ2v) is 6.62. The van der Waals surface area contributed by atoms with Gasteiger partial charge in [0, 0.05) is 44.2 Å². The number of nitrogens with two attached hydrogens (primary N) is 1. The van der Waals surface area contributed by atoms with Crippen molar-refractivity contribution < 1.29 is 4.79 Å². The Morgan fingerprint density at radius 2 is 1.95 bits per heavy atom. The SMILES string of the molecule is NCC(CC(=O)NC1CC1)N1CCC(N2CCCC2)C1. The van der Waals surface area contributed by atoms with E-state index in [4.69, 9.17) is 5.73 Å². The van der Waals surface area contributed by atoms with E-state index in [9.17, 15) is 4.79 Å². The number of likely N-dealkylation sites (tertiary alicyclic amines) is 2. The van der Waals surface area contributed by atoms with Gasteiger partial charge in [0.2, 0.25) is 5.91 Å². The number of nitrogens with zero attached hydrogens (tertiary/aromatic N) is 2. The predicted octanol–water partition coefficient (Wildman–Crippen LogP) is 0.153. The van der Waals surface area contributed by atoms with Gasteiger partial charge in [-0.15, -0.1) is 0 Å². The molecule has 1 amide bonds. The molecule has 0 bridgehead atoms. The zero-order valence-electron chi connectivity index (χ0n) is 12.4. The Morgan fingerprint density at radius 1 is 1.20 bits per heavy atom. The first-order valence-electron chi connectivity index (χ1n) is 8.24. The van der Waals surface area contributed by atoms with Crippen LogP contribution in [0.2, 0.25) is 0 Å². The minimum absolute atomic E-state index is 0.188. The first kappa shape index (κ1) is 14.3. The summed E-state index contributed by atoms with van der Waals surface area (Å²) in [5.41, 5.74) is 5.91. The standard InChI is InChI=1S/C15H28N4O/c16-10-14(9-15(20)17-12-3-4-12)19-8-5-13(11-19)18-6-1-2-7-18/h12-14H,1-11,16H2,(H,17,20). The molecule has 20 heavy (non-hydrogen) atoms. The third kappa shape index (κ3) is 3.51. The van der Waals surface area contributed by atoms with Crippen LogP contribution in [-0.4, -0.2) is 66.6 Å². The summed E-state index contributed by atoms with van der Waals surface area (Å²) in [4.78, 5) is 17.0. The highest BCUT2D eigenvalue weighted by Gasteiger charge is 2.33. The maximum absolute atomic E-state index is 12.0. The summed E-state index contributed by atoms with van der Waals surface area (Å²) in [6, 6.07) is 1.37. The van der Waals surface area contributed by atoms with Gasteiger partial charge in [0.25, 0.3) is 0 Å². The first-order chi connectivity index (χ1) is 9.76. The highest BCUT2D eigenvalue weighted by Crippen LogP contribution is 2.23. The average molecular weight is 280 g/mol. The number of nitrogens with one attached hydrogen (secondary N) is 1. The minimum Gasteiger partial charge on any atom is -0.353 e. The van der Waals surface area contributed by atoms with Gasteiger partial charge in [-0.1, -0.05) is 0 Å². The predicted molar refractivity (Wildman–Crippen MR) is 79.4 cm³/mol. The van der Waals surface area contributed by atoms with Crippen LogP contribution in [0, 0.1) is 0 Å². The number of carbonyl (C=O) groups excluding carboxylic acids is 1. The maximum atomic E-state index is 12.0. The summed E-state index contributed by atoms with van der Waals surface area (Å²) in [6.07, 6.45) is 6.81. The lowest BCUT2D eigenvalue weighted by atomic mass is 10.1. The highest BCUT2D eigenvalue weighted by molar-refractivity contribution is 5.77. The summed E-state index contributed by atoms with van der Waals surface area (Å²) in [7, 11) is 0. The molecule has 0 aromatic heterocycles. The third-order valence-electron chi connectivity index (χ3n) is 5.00. The molecule has 3 N–H and O–H groups in total. The van der Waals surface area contributed by atoms with E-state index in [1.54, 1.807) is 0 Å². The number of rotatable bonds is 6. The zero-order chi connectivity index (χ0) is 13.9. The van der Waals surface area contributed by atoms with E-state index in [2.05, 4.69) is 15.1 Å². The lowest BCUT2D eigenvalue weighted by molar-refractivity contribution is -0.122. The molecule has 3 rings (SSSR count). The highest BCUT2D eigenvalue weighted by atomic mass is 16.1. The van der Waals surface area contributed by atoms with Gasteiger partial charge in [-0.05, 0) is 45.2 Å². The van der Waals surface area contributed by atoms with Crippen LogP contribution in [0.5, 0.6) is 0 Å². The molecule has 0 aromatic rings. The van der Waals surface area contributed by atoms with Crippen molar-refractivity contribution in [2.24, 2.45) is 5.73 Å². The van der Waals surface area contributed by atoms with E-state index >= 15 is 0 Å². The van der Waals surface area contributed by atoms with E-state index in [-0.39, 0.29) is 11.9 Å². The summed E-state index contributed by atoms with van der Waals surface area (Å²) in [5, 5.41) is 3.08. The molecule has 2 unspecified atom stereocenters. The van der Waals surface area contributed by atoms with Gasteiger partial charge in [0.1, 0.15) is 0 Å². The Morgan fingerprint density at radius 3 is 2.60 bits per heavy atom.